The highest BCUT2D eigenvalue weighted by atomic mass is 16.5. The number of rotatable bonds is 5. The van der Waals surface area contributed by atoms with Gasteiger partial charge in [0.2, 0.25) is 0 Å². The Morgan fingerprint density at radius 1 is 1.52 bits per heavy atom. The lowest BCUT2D eigenvalue weighted by molar-refractivity contribution is -0.144. The molecule has 0 bridgehead atoms. The average molecular weight is 316 g/mol. The summed E-state index contributed by atoms with van der Waals surface area (Å²) in [4.78, 5) is 18.7. The van der Waals surface area contributed by atoms with E-state index in [0.29, 0.717) is 25.3 Å². The van der Waals surface area contributed by atoms with Crippen molar-refractivity contribution in [1.82, 2.24) is 9.88 Å². The van der Waals surface area contributed by atoms with Crippen LogP contribution in [0.15, 0.2) is 37.2 Å². The van der Waals surface area contributed by atoms with Gasteiger partial charge < -0.3 is 14.4 Å². The number of carbonyl (C=O) groups excluding carboxylic acids is 1. The first kappa shape index (κ1) is 16.1. The van der Waals surface area contributed by atoms with Gasteiger partial charge in [-0.2, -0.15) is 0 Å². The highest BCUT2D eigenvalue weighted by Crippen LogP contribution is 2.40. The maximum Gasteiger partial charge on any atom is 0.253 e. The van der Waals surface area contributed by atoms with E-state index in [1.54, 1.807) is 30.6 Å². The SMILES string of the molecule is C=CCOC[C@@]12CCCO[C@@H]1CCN(C(=O)c1ccncc1)C2. The fraction of sp³-hybridized carbons (Fsp3) is 0.556. The van der Waals surface area contributed by atoms with E-state index in [4.69, 9.17) is 9.47 Å². The highest BCUT2D eigenvalue weighted by molar-refractivity contribution is 5.94. The van der Waals surface area contributed by atoms with Gasteiger partial charge in [0.15, 0.2) is 0 Å². The van der Waals surface area contributed by atoms with Crippen LogP contribution in [0, 0.1) is 5.41 Å². The van der Waals surface area contributed by atoms with Crippen LogP contribution in [0.1, 0.15) is 29.6 Å². The molecular formula is C18H24N2O3. The quantitative estimate of drug-likeness (QED) is 0.618. The first-order valence-electron chi connectivity index (χ1n) is 8.25. The highest BCUT2D eigenvalue weighted by Gasteiger charge is 2.47. The Balaban J connectivity index is 1.75. The fourth-order valence-electron chi connectivity index (χ4n) is 3.70. The topological polar surface area (TPSA) is 51.7 Å². The number of carbonyl (C=O) groups is 1. The van der Waals surface area contributed by atoms with Crippen LogP contribution in [0.25, 0.3) is 0 Å². The molecule has 2 atom stereocenters. The van der Waals surface area contributed by atoms with E-state index in [9.17, 15) is 4.79 Å². The second-order valence-electron chi connectivity index (χ2n) is 6.38. The minimum Gasteiger partial charge on any atom is -0.377 e. The molecule has 0 spiro atoms. The van der Waals surface area contributed by atoms with Gasteiger partial charge >= 0.3 is 0 Å². The van der Waals surface area contributed by atoms with Crippen LogP contribution in [0.2, 0.25) is 0 Å². The van der Waals surface area contributed by atoms with Crippen LogP contribution in [0.5, 0.6) is 0 Å². The van der Waals surface area contributed by atoms with Crippen LogP contribution in [-0.4, -0.2) is 54.8 Å². The van der Waals surface area contributed by atoms with Crippen molar-refractivity contribution in [3.63, 3.8) is 0 Å². The molecule has 2 aliphatic rings. The molecule has 23 heavy (non-hydrogen) atoms. The summed E-state index contributed by atoms with van der Waals surface area (Å²) in [5, 5.41) is 0. The summed E-state index contributed by atoms with van der Waals surface area (Å²) in [6.07, 6.45) is 8.19. The number of fused-ring (bicyclic) bond motifs is 1. The van der Waals surface area contributed by atoms with E-state index >= 15 is 0 Å². The van der Waals surface area contributed by atoms with E-state index in [1.165, 1.54) is 0 Å². The van der Waals surface area contributed by atoms with Crippen molar-refractivity contribution in [3.05, 3.63) is 42.7 Å². The van der Waals surface area contributed by atoms with E-state index in [1.807, 2.05) is 4.90 Å². The van der Waals surface area contributed by atoms with Gasteiger partial charge in [-0.3, -0.25) is 9.78 Å². The molecule has 2 fully saturated rings. The summed E-state index contributed by atoms with van der Waals surface area (Å²) in [5.41, 5.74) is 0.597. The van der Waals surface area contributed by atoms with Crippen molar-refractivity contribution in [2.24, 2.45) is 5.41 Å². The molecule has 0 aliphatic carbocycles. The van der Waals surface area contributed by atoms with Crippen molar-refractivity contribution in [2.45, 2.75) is 25.4 Å². The molecule has 3 rings (SSSR count). The molecule has 2 saturated heterocycles. The first-order chi connectivity index (χ1) is 11.2. The Bertz CT molecular complexity index is 548. The molecule has 0 aromatic carbocycles. The Kier molecular flexibility index (Phi) is 5.08. The molecule has 5 heteroatoms. The van der Waals surface area contributed by atoms with Crippen molar-refractivity contribution in [2.75, 3.05) is 32.9 Å². The Morgan fingerprint density at radius 2 is 2.35 bits per heavy atom. The number of likely N-dealkylation sites (tertiary alicyclic amines) is 1. The van der Waals surface area contributed by atoms with E-state index in [-0.39, 0.29) is 17.4 Å². The molecule has 0 unspecified atom stereocenters. The van der Waals surface area contributed by atoms with E-state index < -0.39 is 0 Å². The molecule has 1 aromatic rings. The number of aromatic nitrogens is 1. The minimum absolute atomic E-state index is 0.0690. The number of nitrogens with zero attached hydrogens (tertiary/aromatic N) is 2. The zero-order valence-electron chi connectivity index (χ0n) is 13.4. The summed E-state index contributed by atoms with van der Waals surface area (Å²) >= 11 is 0. The summed E-state index contributed by atoms with van der Waals surface area (Å²) in [6.45, 7) is 7.08. The van der Waals surface area contributed by atoms with Gasteiger partial charge in [0.1, 0.15) is 0 Å². The van der Waals surface area contributed by atoms with E-state index in [2.05, 4.69) is 11.6 Å². The number of ether oxygens (including phenoxy) is 2. The standard InChI is InChI=1S/C18H24N2O3/c1-2-11-22-14-18-7-3-12-23-16(18)6-10-20(13-18)17(21)15-4-8-19-9-5-15/h2,4-5,8-9,16H,1,3,6-7,10-14H2/t16-,18+/m1/s1. The van der Waals surface area contributed by atoms with Gasteiger partial charge in [-0.25, -0.2) is 0 Å². The monoisotopic (exact) mass is 316 g/mol. The Labute approximate surface area is 137 Å². The Morgan fingerprint density at radius 3 is 3.13 bits per heavy atom. The van der Waals surface area contributed by atoms with Crippen molar-refractivity contribution in [3.8, 4) is 0 Å². The molecular weight excluding hydrogens is 292 g/mol. The number of amides is 1. The summed E-state index contributed by atoms with van der Waals surface area (Å²) in [5.74, 6) is 0.0690. The van der Waals surface area contributed by atoms with Gasteiger partial charge in [0.25, 0.3) is 5.91 Å². The van der Waals surface area contributed by atoms with Crippen LogP contribution < -0.4 is 0 Å². The second-order valence-corrected chi connectivity index (χ2v) is 6.38. The molecule has 0 radical (unpaired) electrons. The fourth-order valence-corrected chi connectivity index (χ4v) is 3.70. The van der Waals surface area contributed by atoms with Crippen LogP contribution >= 0.6 is 0 Å². The molecule has 1 amide bonds. The van der Waals surface area contributed by atoms with Gasteiger partial charge in [-0.1, -0.05) is 6.08 Å². The smallest absolute Gasteiger partial charge is 0.253 e. The van der Waals surface area contributed by atoms with Gasteiger partial charge in [0.05, 0.1) is 19.3 Å². The second kappa shape index (κ2) is 7.23. The molecule has 1 aromatic heterocycles. The maximum atomic E-state index is 12.7. The van der Waals surface area contributed by atoms with Crippen molar-refractivity contribution < 1.29 is 14.3 Å². The molecule has 0 saturated carbocycles. The lowest BCUT2D eigenvalue weighted by atomic mass is 9.73. The number of piperidine rings is 1. The molecule has 0 N–H and O–H groups in total. The molecule has 124 valence electrons. The normalized spacial score (nSPS) is 27.3. The maximum absolute atomic E-state index is 12.7. The van der Waals surface area contributed by atoms with Crippen molar-refractivity contribution >= 4 is 5.91 Å². The summed E-state index contributed by atoms with van der Waals surface area (Å²) in [6, 6.07) is 3.54. The molecule has 2 aliphatic heterocycles. The van der Waals surface area contributed by atoms with Gasteiger partial charge in [-0.05, 0) is 31.4 Å². The average Bonchev–Trinajstić information content (AvgIpc) is 2.61. The number of hydrogen-bond donors (Lipinski definition) is 0. The van der Waals surface area contributed by atoms with Crippen LogP contribution in [0.4, 0.5) is 0 Å². The predicted molar refractivity (Wildman–Crippen MR) is 87.2 cm³/mol. The third-order valence-electron chi connectivity index (χ3n) is 4.83. The third-order valence-corrected chi connectivity index (χ3v) is 4.83. The zero-order valence-corrected chi connectivity index (χ0v) is 13.4. The minimum atomic E-state index is -0.0950. The largest absolute Gasteiger partial charge is 0.377 e. The Hall–Kier alpha value is -1.72. The summed E-state index contributed by atoms with van der Waals surface area (Å²) < 4.78 is 11.8. The van der Waals surface area contributed by atoms with E-state index in [0.717, 1.165) is 32.4 Å². The lowest BCUT2D eigenvalue weighted by Crippen LogP contribution is -2.58. The predicted octanol–water partition coefficient (Wildman–Crippen LogP) is 2.30. The zero-order chi connectivity index (χ0) is 16.1. The molecule has 5 nitrogen and oxygen atoms in total. The first-order valence-corrected chi connectivity index (χ1v) is 8.25. The van der Waals surface area contributed by atoms with Gasteiger partial charge in [0, 0.05) is 43.1 Å². The number of hydrogen-bond acceptors (Lipinski definition) is 4. The van der Waals surface area contributed by atoms with Crippen LogP contribution in [-0.2, 0) is 9.47 Å². The number of pyridine rings is 1. The van der Waals surface area contributed by atoms with Gasteiger partial charge in [-0.15, -0.1) is 6.58 Å². The molecule has 3 heterocycles. The lowest BCUT2D eigenvalue weighted by Gasteiger charge is -2.50. The third kappa shape index (κ3) is 3.46. The van der Waals surface area contributed by atoms with Crippen LogP contribution in [0.3, 0.4) is 0 Å². The summed E-state index contributed by atoms with van der Waals surface area (Å²) in [7, 11) is 0. The van der Waals surface area contributed by atoms with Crippen molar-refractivity contribution in [1.29, 1.82) is 0 Å².